The van der Waals surface area contributed by atoms with E-state index in [1.165, 1.54) is 7.11 Å². The predicted octanol–water partition coefficient (Wildman–Crippen LogP) is 2.78. The number of esters is 1. The van der Waals surface area contributed by atoms with Gasteiger partial charge in [0, 0.05) is 12.3 Å². The monoisotopic (exact) mass is 401 g/mol. The maximum absolute atomic E-state index is 12.6. The predicted molar refractivity (Wildman–Crippen MR) is 101 cm³/mol. The standard InChI is InChI=1S/C20H19NO6S/c1-25-19(22)18-10-11-27-28(24)21(18)20(23)26-12-17-15-8-4-2-6-13(15)14-7-3-5-9-16(14)17/h2-9,17-18H,10-12H2,1H3/t18-,28?/m0/s1. The number of amides is 1. The number of carbonyl (C=O) groups is 2. The van der Waals surface area contributed by atoms with Gasteiger partial charge in [0.05, 0.1) is 13.7 Å². The van der Waals surface area contributed by atoms with Crippen molar-refractivity contribution >= 4 is 23.3 Å². The van der Waals surface area contributed by atoms with Gasteiger partial charge in [-0.3, -0.25) is 4.18 Å². The second kappa shape index (κ2) is 7.73. The van der Waals surface area contributed by atoms with Gasteiger partial charge in [0.25, 0.3) is 11.3 Å². The summed E-state index contributed by atoms with van der Waals surface area (Å²) in [6.07, 6.45) is -0.668. The molecule has 0 bridgehead atoms. The van der Waals surface area contributed by atoms with Crippen LogP contribution in [0.15, 0.2) is 48.5 Å². The molecule has 0 N–H and O–H groups in total. The van der Waals surface area contributed by atoms with Crippen LogP contribution in [0.2, 0.25) is 0 Å². The summed E-state index contributed by atoms with van der Waals surface area (Å²) >= 11 is -2.10. The Bertz CT molecular complexity index is 900. The first-order chi connectivity index (χ1) is 13.6. The highest BCUT2D eigenvalue weighted by molar-refractivity contribution is 7.78. The first-order valence-electron chi connectivity index (χ1n) is 8.89. The van der Waals surface area contributed by atoms with Gasteiger partial charge >= 0.3 is 12.1 Å². The Labute approximate surface area is 165 Å². The number of methoxy groups -OCH3 is 1. The van der Waals surface area contributed by atoms with E-state index in [-0.39, 0.29) is 25.6 Å². The van der Waals surface area contributed by atoms with Crippen LogP contribution >= 0.6 is 0 Å². The van der Waals surface area contributed by atoms with Crippen molar-refractivity contribution in [1.29, 1.82) is 0 Å². The second-order valence-corrected chi connectivity index (χ2v) is 7.56. The molecule has 28 heavy (non-hydrogen) atoms. The molecule has 2 aromatic rings. The maximum Gasteiger partial charge on any atom is 0.424 e. The normalized spacial score (nSPS) is 21.0. The first-order valence-corrected chi connectivity index (χ1v) is 9.92. The molecule has 1 heterocycles. The molecule has 1 saturated heterocycles. The average Bonchev–Trinajstić information content (AvgIpc) is 3.05. The van der Waals surface area contributed by atoms with E-state index in [2.05, 4.69) is 0 Å². The molecule has 2 aliphatic rings. The van der Waals surface area contributed by atoms with Crippen LogP contribution in [0.25, 0.3) is 11.1 Å². The number of nitrogens with zero attached hydrogens (tertiary/aromatic N) is 1. The Morgan fingerprint density at radius 1 is 1.11 bits per heavy atom. The van der Waals surface area contributed by atoms with Gasteiger partial charge in [0.1, 0.15) is 6.61 Å². The van der Waals surface area contributed by atoms with Gasteiger partial charge in [-0.2, -0.15) is 4.31 Å². The molecule has 2 aromatic carbocycles. The fraction of sp³-hybridized carbons (Fsp3) is 0.300. The molecule has 146 valence electrons. The zero-order valence-corrected chi connectivity index (χ0v) is 16.0. The highest BCUT2D eigenvalue weighted by Gasteiger charge is 2.41. The Hall–Kier alpha value is -2.71. The van der Waals surface area contributed by atoms with E-state index in [4.69, 9.17) is 13.7 Å². The zero-order valence-electron chi connectivity index (χ0n) is 15.2. The first kappa shape index (κ1) is 18.6. The molecule has 1 aliphatic heterocycles. The van der Waals surface area contributed by atoms with Crippen LogP contribution in [0.1, 0.15) is 23.5 Å². The number of benzene rings is 2. The molecule has 8 heteroatoms. The molecular formula is C20H19NO6S. The van der Waals surface area contributed by atoms with E-state index in [1.54, 1.807) is 0 Å². The van der Waals surface area contributed by atoms with Gasteiger partial charge in [0.15, 0.2) is 6.04 Å². The van der Waals surface area contributed by atoms with Crippen molar-refractivity contribution < 1.29 is 27.5 Å². The van der Waals surface area contributed by atoms with Crippen molar-refractivity contribution in [3.63, 3.8) is 0 Å². The van der Waals surface area contributed by atoms with E-state index in [0.717, 1.165) is 26.6 Å². The smallest absolute Gasteiger partial charge is 0.424 e. The minimum atomic E-state index is -2.10. The lowest BCUT2D eigenvalue weighted by Gasteiger charge is -2.30. The maximum atomic E-state index is 12.6. The van der Waals surface area contributed by atoms with Crippen LogP contribution < -0.4 is 0 Å². The molecule has 0 saturated carbocycles. The molecule has 0 spiro atoms. The molecule has 1 fully saturated rings. The van der Waals surface area contributed by atoms with Gasteiger partial charge in [-0.05, 0) is 22.3 Å². The minimum Gasteiger partial charge on any atom is -0.467 e. The molecule has 7 nitrogen and oxygen atoms in total. The summed E-state index contributed by atoms with van der Waals surface area (Å²) in [6.45, 7) is 0.161. The third-order valence-electron chi connectivity index (χ3n) is 5.01. The fourth-order valence-corrected chi connectivity index (χ4v) is 4.63. The van der Waals surface area contributed by atoms with Crippen LogP contribution in [0.4, 0.5) is 4.79 Å². The van der Waals surface area contributed by atoms with Crippen molar-refractivity contribution in [3.05, 3.63) is 59.7 Å². The molecule has 1 unspecified atom stereocenters. The van der Waals surface area contributed by atoms with Crippen LogP contribution in [0.3, 0.4) is 0 Å². The third-order valence-corrected chi connectivity index (χ3v) is 6.10. The zero-order chi connectivity index (χ0) is 19.7. The number of hydrogen-bond acceptors (Lipinski definition) is 6. The van der Waals surface area contributed by atoms with Crippen molar-refractivity contribution in [3.8, 4) is 11.1 Å². The van der Waals surface area contributed by atoms with Gasteiger partial charge in [-0.25, -0.2) is 13.8 Å². The molecule has 4 rings (SSSR count). The quantitative estimate of drug-likeness (QED) is 0.736. The van der Waals surface area contributed by atoms with Gasteiger partial charge in [-0.1, -0.05) is 48.5 Å². The van der Waals surface area contributed by atoms with Crippen LogP contribution in [-0.4, -0.2) is 46.9 Å². The van der Waals surface area contributed by atoms with E-state index in [0.29, 0.717) is 0 Å². The Kier molecular flexibility index (Phi) is 5.15. The van der Waals surface area contributed by atoms with Crippen LogP contribution in [0, 0.1) is 0 Å². The molecule has 0 aromatic heterocycles. The largest absolute Gasteiger partial charge is 0.467 e. The lowest BCUT2D eigenvalue weighted by Crippen LogP contribution is -2.51. The van der Waals surface area contributed by atoms with Crippen LogP contribution in [0.5, 0.6) is 0 Å². The number of ether oxygens (including phenoxy) is 2. The fourth-order valence-electron chi connectivity index (χ4n) is 3.70. The van der Waals surface area contributed by atoms with E-state index < -0.39 is 29.4 Å². The summed E-state index contributed by atoms with van der Waals surface area (Å²) in [7, 11) is 1.22. The Balaban J connectivity index is 1.55. The molecule has 0 radical (unpaired) electrons. The molecule has 1 aliphatic carbocycles. The van der Waals surface area contributed by atoms with Crippen molar-refractivity contribution in [2.24, 2.45) is 0 Å². The van der Waals surface area contributed by atoms with Crippen LogP contribution in [-0.2, 0) is 29.7 Å². The van der Waals surface area contributed by atoms with Crippen molar-refractivity contribution in [1.82, 2.24) is 4.31 Å². The van der Waals surface area contributed by atoms with Gasteiger partial charge in [-0.15, -0.1) is 0 Å². The number of rotatable bonds is 3. The summed E-state index contributed by atoms with van der Waals surface area (Å²) in [6, 6.07) is 14.9. The highest BCUT2D eigenvalue weighted by atomic mass is 32.2. The van der Waals surface area contributed by atoms with Gasteiger partial charge < -0.3 is 9.47 Å². The lowest BCUT2D eigenvalue weighted by atomic mass is 9.98. The number of hydrogen-bond donors (Lipinski definition) is 0. The summed E-state index contributed by atoms with van der Waals surface area (Å²) in [5.74, 6) is -0.780. The minimum absolute atomic E-state index is 0.0639. The van der Waals surface area contributed by atoms with Gasteiger partial charge in [0.2, 0.25) is 0 Å². The van der Waals surface area contributed by atoms with Crippen molar-refractivity contribution in [2.75, 3.05) is 20.3 Å². The lowest BCUT2D eigenvalue weighted by molar-refractivity contribution is -0.145. The summed E-state index contributed by atoms with van der Waals surface area (Å²) in [5.41, 5.74) is 4.35. The average molecular weight is 401 g/mol. The van der Waals surface area contributed by atoms with E-state index >= 15 is 0 Å². The number of carbonyl (C=O) groups excluding carboxylic acids is 2. The summed E-state index contributed by atoms with van der Waals surface area (Å²) in [5, 5.41) is 0. The third kappa shape index (κ3) is 3.18. The summed E-state index contributed by atoms with van der Waals surface area (Å²) < 4.78 is 28.2. The topological polar surface area (TPSA) is 82.1 Å². The second-order valence-electron chi connectivity index (χ2n) is 6.50. The number of fused-ring (bicyclic) bond motifs is 3. The molecular weight excluding hydrogens is 382 g/mol. The Morgan fingerprint density at radius 3 is 2.32 bits per heavy atom. The molecule has 2 atom stereocenters. The SMILES string of the molecule is COC(=O)[C@@H]1CCOS(=O)N1C(=O)OCC1c2ccccc2-c2ccccc21. The van der Waals surface area contributed by atoms with Crippen molar-refractivity contribution in [2.45, 2.75) is 18.4 Å². The Morgan fingerprint density at radius 2 is 1.71 bits per heavy atom. The van der Waals surface area contributed by atoms with E-state index in [1.807, 2.05) is 48.5 Å². The molecule has 1 amide bonds. The van der Waals surface area contributed by atoms with E-state index in [9.17, 15) is 13.8 Å². The summed E-state index contributed by atoms with van der Waals surface area (Å²) in [4.78, 5) is 24.6. The highest BCUT2D eigenvalue weighted by Crippen LogP contribution is 2.44.